The van der Waals surface area contributed by atoms with E-state index in [9.17, 15) is 5.11 Å². The Kier molecular flexibility index (Phi) is 7.14. The number of ether oxygens (including phenoxy) is 1. The van der Waals surface area contributed by atoms with Crippen molar-refractivity contribution in [2.45, 2.75) is 39.4 Å². The molecule has 1 unspecified atom stereocenters. The van der Waals surface area contributed by atoms with E-state index in [1.807, 2.05) is 19.9 Å². The summed E-state index contributed by atoms with van der Waals surface area (Å²) < 4.78 is 5.06. The van der Waals surface area contributed by atoms with Crippen molar-refractivity contribution >= 4 is 11.6 Å². The van der Waals surface area contributed by atoms with Gasteiger partial charge in [0.1, 0.15) is 18.2 Å². The lowest BCUT2D eigenvalue weighted by molar-refractivity contribution is 0.164. The van der Waals surface area contributed by atoms with Crippen LogP contribution in [-0.2, 0) is 11.3 Å². The molecule has 0 saturated heterocycles. The van der Waals surface area contributed by atoms with Crippen LogP contribution in [0.25, 0.3) is 0 Å². The van der Waals surface area contributed by atoms with Crippen LogP contribution in [-0.4, -0.2) is 41.4 Å². The minimum Gasteiger partial charge on any atom is -0.393 e. The summed E-state index contributed by atoms with van der Waals surface area (Å²) in [6, 6.07) is 1.86. The number of nitrogens with one attached hydrogen (secondary N) is 2. The van der Waals surface area contributed by atoms with Crippen molar-refractivity contribution in [3.05, 3.63) is 11.9 Å². The lowest BCUT2D eigenvalue weighted by atomic mass is 10.2. The maximum Gasteiger partial charge on any atom is 0.158 e. The summed E-state index contributed by atoms with van der Waals surface area (Å²) in [5.74, 6) is 2.17. The second-order valence-corrected chi connectivity index (χ2v) is 4.30. The second kappa shape index (κ2) is 8.66. The SMILES string of the molecule is CCNc1cc(NCCC(O)CC)nc(COC)n1. The van der Waals surface area contributed by atoms with Gasteiger partial charge < -0.3 is 20.5 Å². The zero-order valence-corrected chi connectivity index (χ0v) is 11.9. The van der Waals surface area contributed by atoms with Crippen LogP contribution in [0.3, 0.4) is 0 Å². The van der Waals surface area contributed by atoms with Gasteiger partial charge in [-0.25, -0.2) is 9.97 Å². The van der Waals surface area contributed by atoms with Crippen molar-refractivity contribution in [1.82, 2.24) is 9.97 Å². The third kappa shape index (κ3) is 5.85. The number of aliphatic hydroxyl groups excluding tert-OH is 1. The average molecular weight is 268 g/mol. The van der Waals surface area contributed by atoms with E-state index in [0.29, 0.717) is 25.4 Å². The van der Waals surface area contributed by atoms with Crippen molar-refractivity contribution in [2.75, 3.05) is 30.8 Å². The van der Waals surface area contributed by atoms with Gasteiger partial charge in [-0.15, -0.1) is 0 Å². The molecule has 3 N–H and O–H groups in total. The molecule has 0 aromatic carbocycles. The Morgan fingerprint density at radius 2 is 1.95 bits per heavy atom. The second-order valence-electron chi connectivity index (χ2n) is 4.30. The Morgan fingerprint density at radius 3 is 2.53 bits per heavy atom. The van der Waals surface area contributed by atoms with Crippen LogP contribution >= 0.6 is 0 Å². The Bertz CT molecular complexity index is 349. The summed E-state index contributed by atoms with van der Waals surface area (Å²) in [5, 5.41) is 15.9. The van der Waals surface area contributed by atoms with Crippen LogP contribution in [0, 0.1) is 0 Å². The fraction of sp³-hybridized carbons (Fsp3) is 0.692. The van der Waals surface area contributed by atoms with E-state index in [-0.39, 0.29) is 6.10 Å². The predicted molar refractivity (Wildman–Crippen MR) is 76.3 cm³/mol. The van der Waals surface area contributed by atoms with Gasteiger partial charge in [-0.2, -0.15) is 0 Å². The number of methoxy groups -OCH3 is 1. The standard InChI is InChI=1S/C13H24N4O2/c1-4-10(18)6-7-15-12-8-11(14-5-2)16-13(17-12)9-19-3/h8,10,18H,4-7,9H2,1-3H3,(H2,14,15,16,17). The van der Waals surface area contributed by atoms with Gasteiger partial charge in [0.15, 0.2) is 5.82 Å². The highest BCUT2D eigenvalue weighted by atomic mass is 16.5. The molecule has 6 heteroatoms. The summed E-state index contributed by atoms with van der Waals surface area (Å²) in [6.07, 6.45) is 1.21. The van der Waals surface area contributed by atoms with Gasteiger partial charge in [-0.3, -0.25) is 0 Å². The summed E-state index contributed by atoms with van der Waals surface area (Å²) in [5.41, 5.74) is 0. The Morgan fingerprint density at radius 1 is 1.26 bits per heavy atom. The molecule has 0 radical (unpaired) electrons. The number of hydrogen-bond acceptors (Lipinski definition) is 6. The van der Waals surface area contributed by atoms with Crippen LogP contribution in [0.1, 0.15) is 32.5 Å². The molecule has 0 aliphatic heterocycles. The summed E-state index contributed by atoms with van der Waals surface area (Å²) >= 11 is 0. The molecule has 0 bridgehead atoms. The van der Waals surface area contributed by atoms with E-state index < -0.39 is 0 Å². The number of aromatic nitrogens is 2. The molecule has 1 aromatic heterocycles. The topological polar surface area (TPSA) is 79.3 Å². The predicted octanol–water partition coefficient (Wildman–Crippen LogP) is 1.63. The van der Waals surface area contributed by atoms with E-state index in [4.69, 9.17) is 4.74 Å². The maximum absolute atomic E-state index is 9.51. The first kappa shape index (κ1) is 15.7. The van der Waals surface area contributed by atoms with Gasteiger partial charge in [0.2, 0.25) is 0 Å². The first-order valence-corrected chi connectivity index (χ1v) is 6.72. The van der Waals surface area contributed by atoms with Crippen LogP contribution in [0.4, 0.5) is 11.6 Å². The molecule has 0 aliphatic carbocycles. The fourth-order valence-corrected chi connectivity index (χ4v) is 1.62. The van der Waals surface area contributed by atoms with Gasteiger partial charge in [0, 0.05) is 26.3 Å². The van der Waals surface area contributed by atoms with Crippen LogP contribution in [0.2, 0.25) is 0 Å². The average Bonchev–Trinajstić information content (AvgIpc) is 2.39. The smallest absolute Gasteiger partial charge is 0.158 e. The van der Waals surface area contributed by atoms with Crippen molar-refractivity contribution in [1.29, 1.82) is 0 Å². The molecule has 0 saturated carbocycles. The number of hydrogen-bond donors (Lipinski definition) is 3. The summed E-state index contributed by atoms with van der Waals surface area (Å²) in [4.78, 5) is 8.69. The molecular formula is C13H24N4O2. The molecular weight excluding hydrogens is 244 g/mol. The highest BCUT2D eigenvalue weighted by Crippen LogP contribution is 2.12. The third-order valence-corrected chi connectivity index (χ3v) is 2.66. The molecule has 0 fully saturated rings. The van der Waals surface area contributed by atoms with Gasteiger partial charge in [-0.1, -0.05) is 6.92 Å². The molecule has 1 rings (SSSR count). The number of aliphatic hydroxyl groups is 1. The highest BCUT2D eigenvalue weighted by Gasteiger charge is 2.05. The van der Waals surface area contributed by atoms with E-state index in [0.717, 1.165) is 24.6 Å². The van der Waals surface area contributed by atoms with Gasteiger partial charge in [0.05, 0.1) is 6.10 Å². The number of nitrogens with zero attached hydrogens (tertiary/aromatic N) is 2. The Hall–Kier alpha value is -1.40. The normalized spacial score (nSPS) is 12.2. The molecule has 6 nitrogen and oxygen atoms in total. The Labute approximate surface area is 114 Å². The summed E-state index contributed by atoms with van der Waals surface area (Å²) in [6.45, 7) is 5.85. The molecule has 0 amide bonds. The maximum atomic E-state index is 9.51. The first-order chi connectivity index (χ1) is 9.19. The number of anilines is 2. The largest absolute Gasteiger partial charge is 0.393 e. The van der Waals surface area contributed by atoms with Gasteiger partial charge >= 0.3 is 0 Å². The molecule has 108 valence electrons. The van der Waals surface area contributed by atoms with Crippen molar-refractivity contribution < 1.29 is 9.84 Å². The molecule has 0 aliphatic rings. The van der Waals surface area contributed by atoms with E-state index >= 15 is 0 Å². The van der Waals surface area contributed by atoms with Crippen LogP contribution < -0.4 is 10.6 Å². The monoisotopic (exact) mass is 268 g/mol. The highest BCUT2D eigenvalue weighted by molar-refractivity contribution is 5.47. The molecule has 1 aromatic rings. The van der Waals surface area contributed by atoms with Crippen LogP contribution in [0.15, 0.2) is 6.07 Å². The lowest BCUT2D eigenvalue weighted by Crippen LogP contribution is -2.14. The molecule has 1 atom stereocenters. The molecule has 0 spiro atoms. The van der Waals surface area contributed by atoms with Crippen molar-refractivity contribution in [2.24, 2.45) is 0 Å². The zero-order valence-electron chi connectivity index (χ0n) is 11.9. The minimum absolute atomic E-state index is 0.263. The van der Waals surface area contributed by atoms with Crippen molar-refractivity contribution in [3.63, 3.8) is 0 Å². The first-order valence-electron chi connectivity index (χ1n) is 6.72. The van der Waals surface area contributed by atoms with E-state index in [1.54, 1.807) is 7.11 Å². The quantitative estimate of drug-likeness (QED) is 0.631. The van der Waals surface area contributed by atoms with Gasteiger partial charge in [0.25, 0.3) is 0 Å². The van der Waals surface area contributed by atoms with E-state index in [2.05, 4.69) is 20.6 Å². The molecule has 19 heavy (non-hydrogen) atoms. The molecule has 1 heterocycles. The zero-order chi connectivity index (χ0) is 14.1. The number of rotatable bonds is 9. The Balaban J connectivity index is 2.64. The minimum atomic E-state index is -0.263. The lowest BCUT2D eigenvalue weighted by Gasteiger charge is -2.12. The van der Waals surface area contributed by atoms with E-state index in [1.165, 1.54) is 0 Å². The fourth-order valence-electron chi connectivity index (χ4n) is 1.62. The summed E-state index contributed by atoms with van der Waals surface area (Å²) in [7, 11) is 1.62. The third-order valence-electron chi connectivity index (χ3n) is 2.66. The van der Waals surface area contributed by atoms with Crippen LogP contribution in [0.5, 0.6) is 0 Å². The van der Waals surface area contributed by atoms with Crippen molar-refractivity contribution in [3.8, 4) is 0 Å². The van der Waals surface area contributed by atoms with Gasteiger partial charge in [-0.05, 0) is 19.8 Å².